The smallest absolute Gasteiger partial charge is 0.256 e. The third-order valence-electron chi connectivity index (χ3n) is 4.25. The minimum atomic E-state index is -0.735. The highest BCUT2D eigenvalue weighted by Crippen LogP contribution is 2.28. The van der Waals surface area contributed by atoms with Crippen molar-refractivity contribution in [3.05, 3.63) is 28.2 Å². The lowest BCUT2D eigenvalue weighted by Crippen LogP contribution is -2.53. The van der Waals surface area contributed by atoms with E-state index in [1.54, 1.807) is 22.0 Å². The number of nitrogens with zero attached hydrogens (tertiary/aromatic N) is 3. The number of amides is 2. The summed E-state index contributed by atoms with van der Waals surface area (Å²) >= 11 is 12.0. The molecule has 146 valence electrons. The number of benzene rings is 1. The molecule has 0 unspecified atom stereocenters. The number of carbonyl (C=O) groups is 2. The Hall–Kier alpha value is -1.87. The topological polar surface area (TPSA) is 83.5 Å². The third-order valence-corrected chi connectivity index (χ3v) is 4.99. The fourth-order valence-corrected chi connectivity index (χ4v) is 3.14. The van der Waals surface area contributed by atoms with Gasteiger partial charge in [0.25, 0.3) is 5.91 Å². The number of ether oxygens (including phenoxy) is 2. The van der Waals surface area contributed by atoms with E-state index >= 15 is 0 Å². The maximum atomic E-state index is 12.5. The maximum Gasteiger partial charge on any atom is 0.256 e. The van der Waals surface area contributed by atoms with E-state index in [0.29, 0.717) is 42.0 Å². The first-order valence-electron chi connectivity index (χ1n) is 8.47. The molecule has 2 aliphatic heterocycles. The van der Waals surface area contributed by atoms with Crippen LogP contribution in [0.25, 0.3) is 0 Å². The molecule has 2 aliphatic rings. The molecule has 8 nitrogen and oxygen atoms in total. The number of anilines is 1. The first kappa shape index (κ1) is 19.9. The zero-order valence-electron chi connectivity index (χ0n) is 14.8. The van der Waals surface area contributed by atoms with Crippen LogP contribution in [-0.2, 0) is 19.1 Å². The minimum Gasteiger partial charge on any atom is -0.375 e. The molecule has 0 aromatic heterocycles. The Balaban J connectivity index is 1.59. The molecule has 0 bridgehead atoms. The van der Waals surface area contributed by atoms with Crippen LogP contribution in [0.5, 0.6) is 0 Å². The lowest BCUT2D eigenvalue weighted by Gasteiger charge is -2.32. The molecule has 1 fully saturated rings. The van der Waals surface area contributed by atoms with Gasteiger partial charge in [-0.25, -0.2) is 0 Å². The Labute approximate surface area is 167 Å². The molecule has 2 heterocycles. The highest BCUT2D eigenvalue weighted by molar-refractivity contribution is 6.42. The second-order valence-electron chi connectivity index (χ2n) is 6.14. The zero-order valence-corrected chi connectivity index (χ0v) is 16.3. The van der Waals surface area contributed by atoms with Gasteiger partial charge < -0.3 is 19.7 Å². The van der Waals surface area contributed by atoms with Crippen molar-refractivity contribution in [1.82, 2.24) is 10.2 Å². The fourth-order valence-electron chi connectivity index (χ4n) is 2.85. The Morgan fingerprint density at radius 1 is 1.33 bits per heavy atom. The molecule has 27 heavy (non-hydrogen) atoms. The summed E-state index contributed by atoms with van der Waals surface area (Å²) in [5, 5.41) is 9.85. The summed E-state index contributed by atoms with van der Waals surface area (Å²) in [7, 11) is 1.46. The first-order chi connectivity index (χ1) is 13.0. The fraction of sp³-hybridized carbons (Fsp3) is 0.471. The second-order valence-corrected chi connectivity index (χ2v) is 6.95. The maximum absolute atomic E-state index is 12.5. The number of amidine groups is 1. The summed E-state index contributed by atoms with van der Waals surface area (Å²) in [5.74, 6) is 0.0530. The van der Waals surface area contributed by atoms with Gasteiger partial charge in [-0.1, -0.05) is 23.2 Å². The van der Waals surface area contributed by atoms with Gasteiger partial charge in [-0.15, -0.1) is 0 Å². The number of hydrogen-bond acceptors (Lipinski definition) is 6. The van der Waals surface area contributed by atoms with E-state index in [1.807, 2.05) is 6.07 Å². The van der Waals surface area contributed by atoms with E-state index in [-0.39, 0.29) is 25.0 Å². The largest absolute Gasteiger partial charge is 0.375 e. The number of morpholine rings is 1. The highest BCUT2D eigenvalue weighted by Gasteiger charge is 2.30. The summed E-state index contributed by atoms with van der Waals surface area (Å²) in [5.41, 5.74) is 0.791. The Bertz CT molecular complexity index is 758. The van der Waals surface area contributed by atoms with Crippen LogP contribution in [0, 0.1) is 0 Å². The van der Waals surface area contributed by atoms with Crippen LogP contribution in [-0.4, -0.2) is 68.6 Å². The van der Waals surface area contributed by atoms with Crippen LogP contribution < -0.4 is 10.3 Å². The van der Waals surface area contributed by atoms with Gasteiger partial charge in [-0.3, -0.25) is 14.6 Å². The summed E-state index contributed by atoms with van der Waals surface area (Å²) in [6, 6.07) is 5.24. The van der Waals surface area contributed by atoms with Gasteiger partial charge >= 0.3 is 0 Å². The summed E-state index contributed by atoms with van der Waals surface area (Å²) < 4.78 is 10.4. The van der Waals surface area contributed by atoms with E-state index in [2.05, 4.69) is 10.4 Å². The number of methoxy groups -OCH3 is 1. The molecule has 0 radical (unpaired) electrons. The molecule has 0 spiro atoms. The van der Waals surface area contributed by atoms with Crippen molar-refractivity contribution in [3.63, 3.8) is 0 Å². The summed E-state index contributed by atoms with van der Waals surface area (Å²) in [6.07, 6.45) is -0.160. The SMILES string of the molecule is COCC(=O)N1CCO[C@H](C(=O)NC2=NN(c3ccc(Cl)c(Cl)c3)CC2)C1. The first-order valence-corrected chi connectivity index (χ1v) is 9.23. The van der Waals surface area contributed by atoms with Gasteiger partial charge in [0.15, 0.2) is 6.10 Å². The van der Waals surface area contributed by atoms with Crippen molar-refractivity contribution < 1.29 is 19.1 Å². The number of rotatable bonds is 4. The second kappa shape index (κ2) is 8.88. The van der Waals surface area contributed by atoms with Crippen LogP contribution >= 0.6 is 23.2 Å². The zero-order chi connectivity index (χ0) is 19.4. The normalized spacial score (nSPS) is 19.8. The molecule has 2 amide bonds. The molecule has 1 saturated heterocycles. The molecular weight excluding hydrogens is 395 g/mol. The molecule has 1 aromatic rings. The number of nitrogens with one attached hydrogen (secondary N) is 1. The number of hydrogen-bond donors (Lipinski definition) is 1. The van der Waals surface area contributed by atoms with E-state index in [9.17, 15) is 9.59 Å². The minimum absolute atomic E-state index is 0.0142. The average molecular weight is 415 g/mol. The van der Waals surface area contributed by atoms with Crippen LogP contribution in [0.4, 0.5) is 5.69 Å². The Morgan fingerprint density at radius 3 is 2.89 bits per heavy atom. The molecule has 1 atom stereocenters. The molecule has 1 N–H and O–H groups in total. The lowest BCUT2D eigenvalue weighted by atomic mass is 10.2. The van der Waals surface area contributed by atoms with Gasteiger partial charge in [-0.05, 0) is 18.2 Å². The molecular formula is C17H20Cl2N4O4. The van der Waals surface area contributed by atoms with Gasteiger partial charge in [0.05, 0.1) is 28.9 Å². The third kappa shape index (κ3) is 4.90. The van der Waals surface area contributed by atoms with Gasteiger partial charge in [0.1, 0.15) is 12.4 Å². The summed E-state index contributed by atoms with van der Waals surface area (Å²) in [6.45, 7) is 1.53. The van der Waals surface area contributed by atoms with Crippen molar-refractivity contribution >= 4 is 46.5 Å². The van der Waals surface area contributed by atoms with Crippen LogP contribution in [0.2, 0.25) is 10.0 Å². The quantitative estimate of drug-likeness (QED) is 0.806. The lowest BCUT2D eigenvalue weighted by molar-refractivity contribution is -0.148. The van der Waals surface area contributed by atoms with E-state index in [0.717, 1.165) is 5.69 Å². The van der Waals surface area contributed by atoms with Crippen molar-refractivity contribution in [3.8, 4) is 0 Å². The van der Waals surface area contributed by atoms with E-state index < -0.39 is 6.10 Å². The van der Waals surface area contributed by atoms with Crippen LogP contribution in [0.1, 0.15) is 6.42 Å². The van der Waals surface area contributed by atoms with E-state index in [1.165, 1.54) is 7.11 Å². The Kier molecular flexibility index (Phi) is 6.54. The van der Waals surface area contributed by atoms with Crippen molar-refractivity contribution in [1.29, 1.82) is 0 Å². The Morgan fingerprint density at radius 2 is 2.15 bits per heavy atom. The molecule has 0 saturated carbocycles. The van der Waals surface area contributed by atoms with Crippen molar-refractivity contribution in [2.45, 2.75) is 12.5 Å². The van der Waals surface area contributed by atoms with Crippen molar-refractivity contribution in [2.24, 2.45) is 5.10 Å². The van der Waals surface area contributed by atoms with Crippen LogP contribution in [0.3, 0.4) is 0 Å². The van der Waals surface area contributed by atoms with Crippen molar-refractivity contribution in [2.75, 3.05) is 45.0 Å². The van der Waals surface area contributed by atoms with Crippen LogP contribution in [0.15, 0.2) is 23.3 Å². The highest BCUT2D eigenvalue weighted by atomic mass is 35.5. The monoisotopic (exact) mass is 414 g/mol. The predicted octanol–water partition coefficient (Wildman–Crippen LogP) is 1.51. The molecule has 0 aliphatic carbocycles. The average Bonchev–Trinajstić information content (AvgIpc) is 3.12. The number of hydrazone groups is 1. The number of carbonyl (C=O) groups excluding carboxylic acids is 2. The van der Waals surface area contributed by atoms with Gasteiger partial charge in [0.2, 0.25) is 5.91 Å². The van der Waals surface area contributed by atoms with Gasteiger partial charge in [-0.2, -0.15) is 5.10 Å². The molecule has 1 aromatic carbocycles. The van der Waals surface area contributed by atoms with E-state index in [4.69, 9.17) is 32.7 Å². The molecule has 3 rings (SSSR count). The number of halogens is 2. The van der Waals surface area contributed by atoms with Gasteiger partial charge in [0, 0.05) is 26.6 Å². The molecule has 10 heteroatoms. The predicted molar refractivity (Wildman–Crippen MR) is 102 cm³/mol. The standard InChI is InChI=1S/C17H20Cl2N4O4/c1-26-10-16(24)22-6-7-27-14(9-22)17(25)20-15-4-5-23(21-15)11-2-3-12(18)13(19)8-11/h2-3,8,14H,4-7,9-10H2,1H3,(H,20,21,25)/t14-/m0/s1. The summed E-state index contributed by atoms with van der Waals surface area (Å²) in [4.78, 5) is 26.0.